The van der Waals surface area contributed by atoms with Crippen molar-refractivity contribution in [1.29, 1.82) is 0 Å². The van der Waals surface area contributed by atoms with Gasteiger partial charge in [0.2, 0.25) is 9.05 Å². The molecule has 4 heteroatoms. The summed E-state index contributed by atoms with van der Waals surface area (Å²) in [7, 11) is 1.94. The smallest absolute Gasteiger partial charge is 0.212 e. The maximum Gasteiger partial charge on any atom is 0.235 e. The quantitative estimate of drug-likeness (QED) is 0.574. The van der Waals surface area contributed by atoms with Crippen LogP contribution in [0.1, 0.15) is 25.7 Å². The van der Waals surface area contributed by atoms with Crippen molar-refractivity contribution < 1.29 is 8.42 Å². The van der Waals surface area contributed by atoms with Crippen LogP contribution >= 0.6 is 10.7 Å². The zero-order valence-electron chi connectivity index (χ0n) is 5.51. The monoisotopic (exact) mass is 180 g/mol. The second-order valence-corrected chi connectivity index (χ2v) is 6.41. The molecule has 2 nitrogen and oxygen atoms in total. The van der Waals surface area contributed by atoms with Crippen LogP contribution in [0.3, 0.4) is 0 Å². The molecule has 0 aromatic heterocycles. The summed E-state index contributed by atoms with van der Waals surface area (Å²) in [5.74, 6) is 0. The molecule has 10 heavy (non-hydrogen) atoms. The normalized spacial score (nSPS) is 30.1. The van der Waals surface area contributed by atoms with Crippen LogP contribution in [0.15, 0.2) is 0 Å². The van der Waals surface area contributed by atoms with Crippen LogP contribution < -0.4 is 0 Å². The molecule has 0 aromatic rings. The lowest BCUT2D eigenvalue weighted by atomic mass is 9.81. The molecule has 1 spiro atoms. The molecule has 58 valence electrons. The van der Waals surface area contributed by atoms with Crippen molar-refractivity contribution in [3.05, 3.63) is 0 Å². The van der Waals surface area contributed by atoms with E-state index in [0.29, 0.717) is 5.41 Å². The molecular formula is C6H9ClO2S. The Morgan fingerprint density at radius 3 is 2.10 bits per heavy atom. The topological polar surface area (TPSA) is 34.1 Å². The van der Waals surface area contributed by atoms with Gasteiger partial charge in [-0.1, -0.05) is 0 Å². The summed E-state index contributed by atoms with van der Waals surface area (Å²) < 4.78 is 21.4. The van der Waals surface area contributed by atoms with E-state index < -0.39 is 9.05 Å². The highest BCUT2D eigenvalue weighted by molar-refractivity contribution is 8.14. The van der Waals surface area contributed by atoms with E-state index in [-0.39, 0.29) is 5.25 Å². The molecule has 0 radical (unpaired) electrons. The molecule has 0 aliphatic heterocycles. The van der Waals surface area contributed by atoms with Crippen molar-refractivity contribution in [2.75, 3.05) is 0 Å². The SMILES string of the molecule is O=S(=O)(Cl)C1CC2(CC2)C1. The predicted molar refractivity (Wildman–Crippen MR) is 39.5 cm³/mol. The summed E-state index contributed by atoms with van der Waals surface area (Å²) in [6.45, 7) is 0. The summed E-state index contributed by atoms with van der Waals surface area (Å²) in [6, 6.07) is 0. The predicted octanol–water partition coefficient (Wildman–Crippen LogP) is 1.50. The molecule has 0 atom stereocenters. The number of halogens is 1. The molecular weight excluding hydrogens is 172 g/mol. The van der Waals surface area contributed by atoms with E-state index in [4.69, 9.17) is 10.7 Å². The minimum Gasteiger partial charge on any atom is -0.212 e. The average Bonchev–Trinajstić information content (AvgIpc) is 2.32. The van der Waals surface area contributed by atoms with E-state index in [9.17, 15) is 8.42 Å². The molecule has 0 unspecified atom stereocenters. The Hall–Kier alpha value is 0.240. The first-order valence-electron chi connectivity index (χ1n) is 3.45. The lowest BCUT2D eigenvalue weighted by Crippen LogP contribution is -2.34. The van der Waals surface area contributed by atoms with Gasteiger partial charge < -0.3 is 0 Å². The van der Waals surface area contributed by atoms with Crippen molar-refractivity contribution in [3.8, 4) is 0 Å². The van der Waals surface area contributed by atoms with Crippen LogP contribution in [0.2, 0.25) is 0 Å². The van der Waals surface area contributed by atoms with Gasteiger partial charge in [-0.25, -0.2) is 8.42 Å². The fourth-order valence-electron chi connectivity index (χ4n) is 1.69. The van der Waals surface area contributed by atoms with E-state index in [0.717, 1.165) is 12.8 Å². The van der Waals surface area contributed by atoms with Crippen LogP contribution in [0, 0.1) is 5.41 Å². The van der Waals surface area contributed by atoms with Crippen molar-refractivity contribution in [2.24, 2.45) is 5.41 Å². The third-order valence-corrected chi connectivity index (χ3v) is 4.56. The van der Waals surface area contributed by atoms with Gasteiger partial charge in [-0.15, -0.1) is 0 Å². The number of hydrogen-bond donors (Lipinski definition) is 0. The van der Waals surface area contributed by atoms with Gasteiger partial charge in [-0.05, 0) is 31.1 Å². The van der Waals surface area contributed by atoms with Gasteiger partial charge in [0.25, 0.3) is 0 Å². The molecule has 2 fully saturated rings. The van der Waals surface area contributed by atoms with Gasteiger partial charge >= 0.3 is 0 Å². The summed E-state index contributed by atoms with van der Waals surface area (Å²) in [4.78, 5) is 0. The molecule has 0 N–H and O–H groups in total. The Morgan fingerprint density at radius 2 is 1.80 bits per heavy atom. The first-order valence-corrected chi connectivity index (χ1v) is 5.83. The fraction of sp³-hybridized carbons (Fsp3) is 1.00. The molecule has 2 aliphatic carbocycles. The van der Waals surface area contributed by atoms with Gasteiger partial charge in [0, 0.05) is 10.7 Å². The molecule has 0 bridgehead atoms. The summed E-state index contributed by atoms with van der Waals surface area (Å²) in [5, 5.41) is -0.225. The van der Waals surface area contributed by atoms with E-state index in [1.807, 2.05) is 0 Å². The Kier molecular flexibility index (Phi) is 1.17. The molecule has 0 saturated heterocycles. The Bertz CT molecular complexity index is 245. The standard InChI is InChI=1S/C6H9ClO2S/c7-10(8,9)5-3-6(4-5)1-2-6/h5H,1-4H2. The largest absolute Gasteiger partial charge is 0.235 e. The van der Waals surface area contributed by atoms with E-state index in [2.05, 4.69) is 0 Å². The van der Waals surface area contributed by atoms with Crippen molar-refractivity contribution in [1.82, 2.24) is 0 Å². The van der Waals surface area contributed by atoms with E-state index in [1.165, 1.54) is 12.8 Å². The van der Waals surface area contributed by atoms with Crippen LogP contribution in [0.5, 0.6) is 0 Å². The average molecular weight is 181 g/mol. The molecule has 2 aliphatic rings. The third-order valence-electron chi connectivity index (χ3n) is 2.68. The van der Waals surface area contributed by atoms with Crippen LogP contribution in [-0.4, -0.2) is 13.7 Å². The number of hydrogen-bond acceptors (Lipinski definition) is 2. The lowest BCUT2D eigenvalue weighted by molar-refractivity contribution is 0.292. The second kappa shape index (κ2) is 1.69. The van der Waals surface area contributed by atoms with Gasteiger partial charge in [0.15, 0.2) is 0 Å². The van der Waals surface area contributed by atoms with Gasteiger partial charge in [0.05, 0.1) is 5.25 Å². The van der Waals surface area contributed by atoms with Crippen molar-refractivity contribution in [2.45, 2.75) is 30.9 Å². The molecule has 0 aromatic carbocycles. The van der Waals surface area contributed by atoms with Crippen molar-refractivity contribution >= 4 is 19.7 Å². The minimum atomic E-state index is -3.22. The molecule has 2 saturated carbocycles. The van der Waals surface area contributed by atoms with E-state index in [1.54, 1.807) is 0 Å². The molecule has 0 heterocycles. The third kappa shape index (κ3) is 0.957. The molecule has 2 rings (SSSR count). The lowest BCUT2D eigenvalue weighted by Gasteiger charge is -2.32. The highest BCUT2D eigenvalue weighted by Gasteiger charge is 2.56. The Balaban J connectivity index is 2.02. The first kappa shape index (κ1) is 6.92. The fourth-order valence-corrected chi connectivity index (χ4v) is 3.17. The summed E-state index contributed by atoms with van der Waals surface area (Å²) >= 11 is 0. The van der Waals surface area contributed by atoms with E-state index >= 15 is 0 Å². The molecule has 0 amide bonds. The van der Waals surface area contributed by atoms with Gasteiger partial charge in [-0.2, -0.15) is 0 Å². The Morgan fingerprint density at radius 1 is 1.30 bits per heavy atom. The maximum absolute atomic E-state index is 10.7. The zero-order valence-corrected chi connectivity index (χ0v) is 7.08. The van der Waals surface area contributed by atoms with Gasteiger partial charge in [0.1, 0.15) is 0 Å². The second-order valence-electron chi connectivity index (χ2n) is 3.51. The summed E-state index contributed by atoms with van der Waals surface area (Å²) in [6.07, 6.45) is 4.07. The van der Waals surface area contributed by atoms with Crippen LogP contribution in [0.25, 0.3) is 0 Å². The maximum atomic E-state index is 10.7. The summed E-state index contributed by atoms with van der Waals surface area (Å²) in [5.41, 5.74) is 0.437. The highest BCUT2D eigenvalue weighted by Crippen LogP contribution is 2.62. The minimum absolute atomic E-state index is 0.225. The highest BCUT2D eigenvalue weighted by atomic mass is 35.7. The van der Waals surface area contributed by atoms with Crippen molar-refractivity contribution in [3.63, 3.8) is 0 Å². The zero-order chi connectivity index (χ0) is 7.41. The first-order chi connectivity index (χ1) is 4.52. The Labute approximate surface area is 65.0 Å². The van der Waals surface area contributed by atoms with Crippen LogP contribution in [-0.2, 0) is 9.05 Å². The van der Waals surface area contributed by atoms with Crippen LogP contribution in [0.4, 0.5) is 0 Å². The van der Waals surface area contributed by atoms with Gasteiger partial charge in [-0.3, -0.25) is 0 Å². The number of rotatable bonds is 1.